The van der Waals surface area contributed by atoms with Crippen LogP contribution in [0.1, 0.15) is 25.5 Å². The van der Waals surface area contributed by atoms with Crippen LogP contribution >= 0.6 is 0 Å². The Morgan fingerprint density at radius 3 is 2.95 bits per heavy atom. The van der Waals surface area contributed by atoms with Gasteiger partial charge in [-0.15, -0.1) is 0 Å². The third-order valence-electron chi connectivity index (χ3n) is 2.89. The van der Waals surface area contributed by atoms with Gasteiger partial charge in [-0.3, -0.25) is 10.1 Å². The van der Waals surface area contributed by atoms with Crippen LogP contribution in [0.25, 0.3) is 0 Å². The summed E-state index contributed by atoms with van der Waals surface area (Å²) >= 11 is 0. The van der Waals surface area contributed by atoms with E-state index in [1.165, 1.54) is 0 Å². The highest BCUT2D eigenvalue weighted by Gasteiger charge is 2.29. The van der Waals surface area contributed by atoms with Crippen LogP contribution in [0, 0.1) is 0 Å². The number of hydrogen-bond acceptors (Lipinski definition) is 5. The number of fused-ring (bicyclic) bond motifs is 1. The lowest BCUT2D eigenvalue weighted by molar-refractivity contribution is -0.120. The Kier molecular flexibility index (Phi) is 2.77. The summed E-state index contributed by atoms with van der Waals surface area (Å²) in [6.45, 7) is 4.20. The number of aliphatic imine (C=N–C) groups is 1. The molecule has 0 radical (unpaired) electrons. The smallest absolute Gasteiger partial charge is 0.256 e. The maximum Gasteiger partial charge on any atom is 0.256 e. The Hall–Kier alpha value is -2.24. The fourth-order valence-electron chi connectivity index (χ4n) is 2.06. The van der Waals surface area contributed by atoms with Crippen molar-refractivity contribution >= 4 is 11.9 Å². The van der Waals surface area contributed by atoms with E-state index in [2.05, 4.69) is 15.6 Å². The van der Waals surface area contributed by atoms with E-state index in [4.69, 9.17) is 9.47 Å². The lowest BCUT2D eigenvalue weighted by Gasteiger charge is -2.07. The average molecular weight is 261 g/mol. The first kappa shape index (κ1) is 11.8. The van der Waals surface area contributed by atoms with E-state index >= 15 is 0 Å². The zero-order valence-electron chi connectivity index (χ0n) is 10.8. The number of nitrogens with zero attached hydrogens (tertiary/aromatic N) is 1. The maximum atomic E-state index is 11.9. The molecule has 0 spiro atoms. The summed E-state index contributed by atoms with van der Waals surface area (Å²) in [5.74, 6) is 1.74. The van der Waals surface area contributed by atoms with Crippen molar-refractivity contribution in [2.45, 2.75) is 25.9 Å². The molecule has 2 aliphatic rings. The van der Waals surface area contributed by atoms with E-state index < -0.39 is 6.04 Å². The normalized spacial score (nSPS) is 20.5. The number of ether oxygens (including phenoxy) is 2. The van der Waals surface area contributed by atoms with Gasteiger partial charge in [-0.05, 0) is 31.5 Å². The van der Waals surface area contributed by atoms with E-state index in [1.807, 2.05) is 19.9 Å². The van der Waals surface area contributed by atoms with Gasteiger partial charge in [0.15, 0.2) is 23.5 Å². The molecule has 1 aromatic rings. The predicted molar refractivity (Wildman–Crippen MR) is 69.2 cm³/mol. The van der Waals surface area contributed by atoms with Crippen LogP contribution in [-0.4, -0.2) is 24.7 Å². The zero-order chi connectivity index (χ0) is 13.4. The molecule has 2 heterocycles. The minimum Gasteiger partial charge on any atom is -0.454 e. The summed E-state index contributed by atoms with van der Waals surface area (Å²) in [5.41, 5.74) is 0.794. The van der Waals surface area contributed by atoms with E-state index in [0.29, 0.717) is 17.5 Å². The molecule has 0 aromatic heterocycles. The van der Waals surface area contributed by atoms with Gasteiger partial charge in [-0.1, -0.05) is 6.07 Å². The summed E-state index contributed by atoms with van der Waals surface area (Å²) in [4.78, 5) is 16.3. The topological polar surface area (TPSA) is 72.0 Å². The van der Waals surface area contributed by atoms with Gasteiger partial charge >= 0.3 is 0 Å². The van der Waals surface area contributed by atoms with Crippen molar-refractivity contribution < 1.29 is 14.3 Å². The fraction of sp³-hybridized carbons (Fsp3) is 0.385. The summed E-state index contributed by atoms with van der Waals surface area (Å²) in [5, 5.41) is 5.82. The number of nitrogens with one attached hydrogen (secondary N) is 2. The van der Waals surface area contributed by atoms with Crippen LogP contribution in [0.5, 0.6) is 11.5 Å². The molecule has 3 rings (SSSR count). The fourth-order valence-corrected chi connectivity index (χ4v) is 2.06. The monoisotopic (exact) mass is 261 g/mol. The van der Waals surface area contributed by atoms with Gasteiger partial charge in [0.05, 0.1) is 0 Å². The SMILES string of the molecule is CC(C)NC1=NC(c2ccc3c(c2)OCO3)C(=O)N1. The van der Waals surface area contributed by atoms with Gasteiger partial charge in [0.2, 0.25) is 6.79 Å². The van der Waals surface area contributed by atoms with E-state index in [9.17, 15) is 4.79 Å². The molecule has 2 aliphatic heterocycles. The quantitative estimate of drug-likeness (QED) is 0.831. The Morgan fingerprint density at radius 2 is 2.16 bits per heavy atom. The summed E-state index contributed by atoms with van der Waals surface area (Å²) in [7, 11) is 0. The van der Waals surface area contributed by atoms with Crippen molar-refractivity contribution in [3.63, 3.8) is 0 Å². The second kappa shape index (κ2) is 4.46. The van der Waals surface area contributed by atoms with Crippen molar-refractivity contribution in [2.24, 2.45) is 4.99 Å². The molecular weight excluding hydrogens is 246 g/mol. The predicted octanol–water partition coefficient (Wildman–Crippen LogP) is 0.940. The van der Waals surface area contributed by atoms with Gasteiger partial charge < -0.3 is 14.8 Å². The molecule has 1 aromatic carbocycles. The molecule has 0 bridgehead atoms. The molecule has 1 unspecified atom stereocenters. The number of benzene rings is 1. The highest BCUT2D eigenvalue weighted by Crippen LogP contribution is 2.35. The molecule has 19 heavy (non-hydrogen) atoms. The van der Waals surface area contributed by atoms with Gasteiger partial charge in [0.25, 0.3) is 5.91 Å². The van der Waals surface area contributed by atoms with Crippen LogP contribution in [0.15, 0.2) is 23.2 Å². The number of carbonyl (C=O) groups is 1. The molecule has 0 fully saturated rings. The minimum atomic E-state index is -0.532. The zero-order valence-corrected chi connectivity index (χ0v) is 10.8. The molecule has 6 heteroatoms. The van der Waals surface area contributed by atoms with Gasteiger partial charge in [0.1, 0.15) is 0 Å². The molecule has 0 aliphatic carbocycles. The highest BCUT2D eigenvalue weighted by atomic mass is 16.7. The van der Waals surface area contributed by atoms with Gasteiger partial charge in [0, 0.05) is 6.04 Å². The second-order valence-electron chi connectivity index (χ2n) is 4.78. The Labute approximate surface area is 110 Å². The number of carbonyl (C=O) groups excluding carboxylic acids is 1. The van der Waals surface area contributed by atoms with Crippen molar-refractivity contribution in [3.8, 4) is 11.5 Å². The molecule has 0 saturated heterocycles. The van der Waals surface area contributed by atoms with Gasteiger partial charge in [-0.2, -0.15) is 0 Å². The lowest BCUT2D eigenvalue weighted by atomic mass is 10.1. The Bertz CT molecular complexity index is 554. The molecule has 1 amide bonds. The largest absolute Gasteiger partial charge is 0.454 e. The van der Waals surface area contributed by atoms with Crippen molar-refractivity contribution in [2.75, 3.05) is 6.79 Å². The van der Waals surface area contributed by atoms with Crippen molar-refractivity contribution in [3.05, 3.63) is 23.8 Å². The molecule has 0 saturated carbocycles. The molecular formula is C13H15N3O3. The first-order chi connectivity index (χ1) is 9.13. The number of rotatable bonds is 2. The van der Waals surface area contributed by atoms with Crippen molar-refractivity contribution in [1.29, 1.82) is 0 Å². The Morgan fingerprint density at radius 1 is 1.37 bits per heavy atom. The first-order valence-electron chi connectivity index (χ1n) is 6.18. The molecule has 2 N–H and O–H groups in total. The van der Waals surface area contributed by atoms with Crippen LogP contribution < -0.4 is 20.1 Å². The van der Waals surface area contributed by atoms with Gasteiger partial charge in [-0.25, -0.2) is 4.99 Å². The van der Waals surface area contributed by atoms with Crippen LogP contribution in [0.4, 0.5) is 0 Å². The maximum absolute atomic E-state index is 11.9. The van der Waals surface area contributed by atoms with Crippen molar-refractivity contribution in [1.82, 2.24) is 10.6 Å². The van der Waals surface area contributed by atoms with E-state index in [1.54, 1.807) is 12.1 Å². The average Bonchev–Trinajstić information content (AvgIpc) is 2.93. The summed E-state index contributed by atoms with van der Waals surface area (Å²) in [6.07, 6.45) is 0. The number of hydrogen-bond donors (Lipinski definition) is 2. The van der Waals surface area contributed by atoms with Crippen LogP contribution in [-0.2, 0) is 4.79 Å². The standard InChI is InChI=1S/C13H15N3O3/c1-7(2)14-13-15-11(12(17)16-13)8-3-4-9-10(5-8)19-6-18-9/h3-5,7,11H,6H2,1-2H3,(H2,14,15,16,17). The lowest BCUT2D eigenvalue weighted by Crippen LogP contribution is -2.40. The summed E-state index contributed by atoms with van der Waals surface area (Å²) < 4.78 is 10.6. The van der Waals surface area contributed by atoms with E-state index in [0.717, 1.165) is 5.56 Å². The first-order valence-corrected chi connectivity index (χ1v) is 6.18. The van der Waals surface area contributed by atoms with E-state index in [-0.39, 0.29) is 18.7 Å². The van der Waals surface area contributed by atoms with Crippen LogP contribution in [0.3, 0.4) is 0 Å². The highest BCUT2D eigenvalue weighted by molar-refractivity contribution is 6.05. The molecule has 100 valence electrons. The third-order valence-corrected chi connectivity index (χ3v) is 2.89. The van der Waals surface area contributed by atoms with Crippen LogP contribution in [0.2, 0.25) is 0 Å². The molecule has 1 atom stereocenters. The number of amides is 1. The minimum absolute atomic E-state index is 0.137. The molecule has 6 nitrogen and oxygen atoms in total. The third kappa shape index (κ3) is 2.21. The number of guanidine groups is 1. The second-order valence-corrected chi connectivity index (χ2v) is 4.78. The Balaban J connectivity index is 1.85. The summed E-state index contributed by atoms with van der Waals surface area (Å²) in [6, 6.07) is 5.12.